The Kier molecular flexibility index (Phi) is 22.5. The van der Waals surface area contributed by atoms with Crippen molar-refractivity contribution in [1.82, 2.24) is 30.2 Å². The number of hydrogen-bond acceptors (Lipinski definition) is 12. The number of likely N-dealkylation sites (tertiary alicyclic amines) is 1. The predicted octanol–water partition coefficient (Wildman–Crippen LogP) is 5.42. The van der Waals surface area contributed by atoms with Crippen molar-refractivity contribution in [1.29, 1.82) is 21.0 Å². The Morgan fingerprint density at radius 3 is 1.39 bits per heavy atom. The van der Waals surface area contributed by atoms with Crippen LogP contribution in [0.5, 0.6) is 0 Å². The van der Waals surface area contributed by atoms with Gasteiger partial charge in [0.2, 0.25) is 0 Å². The summed E-state index contributed by atoms with van der Waals surface area (Å²) >= 11 is 0. The van der Waals surface area contributed by atoms with Gasteiger partial charge in [-0.3, -0.25) is 24.7 Å². The van der Waals surface area contributed by atoms with E-state index in [1.54, 1.807) is 79.6 Å². The zero-order valence-corrected chi connectivity index (χ0v) is 35.5. The number of carboxylic acids is 1. The molecule has 4 aromatic heterocycles. The van der Waals surface area contributed by atoms with Crippen molar-refractivity contribution >= 4 is 11.9 Å². The SMILES string of the molecule is C.C.C.N#Cc1ccc(CC2(C#N)CCN(C(=O)c3cccnc3-c3ccncc3)CC2)cc1.N#Cc1ccc(CC2(C#N)CCNCC2)cc1.O=C([O-])c1cccnc1-c1ccncc1.[Li+]. The Balaban J connectivity index is 0.000000365. The molecule has 6 heterocycles. The first-order chi connectivity index (χ1) is 30.7. The molecule has 0 radical (unpaired) electrons. The molecule has 1 N–H and O–H groups in total. The average Bonchev–Trinajstić information content (AvgIpc) is 3.35. The third-order valence-corrected chi connectivity index (χ3v) is 11.3. The molecule has 2 fully saturated rings. The summed E-state index contributed by atoms with van der Waals surface area (Å²) in [4.78, 5) is 42.3. The number of carbonyl (C=O) groups is 2. The van der Waals surface area contributed by atoms with Gasteiger partial charge in [-0.05, 0) is 136 Å². The maximum atomic E-state index is 13.3. The quantitative estimate of drug-likeness (QED) is 0.190. The topological polar surface area (TPSA) is 219 Å². The molecule has 2 saturated heterocycles. The number of aromatic nitrogens is 4. The molecule has 336 valence electrons. The number of benzene rings is 2. The monoisotopic (exact) mass is 886 g/mol. The first-order valence-corrected chi connectivity index (χ1v) is 20.4. The average molecular weight is 887 g/mol. The fourth-order valence-electron chi connectivity index (χ4n) is 7.67. The van der Waals surface area contributed by atoms with Crippen LogP contribution in [0.4, 0.5) is 0 Å². The van der Waals surface area contributed by atoms with Crippen LogP contribution in [0.3, 0.4) is 0 Å². The van der Waals surface area contributed by atoms with Gasteiger partial charge in [0.1, 0.15) is 0 Å². The zero-order valence-electron chi connectivity index (χ0n) is 35.5. The van der Waals surface area contributed by atoms with Crippen LogP contribution >= 0.6 is 0 Å². The van der Waals surface area contributed by atoms with Gasteiger partial charge in [-0.15, -0.1) is 0 Å². The summed E-state index contributed by atoms with van der Waals surface area (Å²) in [6, 6.07) is 37.8. The van der Waals surface area contributed by atoms with E-state index >= 15 is 0 Å². The summed E-state index contributed by atoms with van der Waals surface area (Å²) < 4.78 is 0. The fourth-order valence-corrected chi connectivity index (χ4v) is 7.67. The second kappa shape index (κ2) is 27.1. The van der Waals surface area contributed by atoms with Gasteiger partial charge in [0.15, 0.2) is 0 Å². The number of hydrogen-bond donors (Lipinski definition) is 1. The molecule has 13 nitrogen and oxygen atoms in total. The van der Waals surface area contributed by atoms with Crippen LogP contribution in [0.15, 0.2) is 134 Å². The molecule has 6 aromatic rings. The number of piperidine rings is 2. The Bertz CT molecular complexity index is 2660. The first kappa shape index (κ1) is 55.6. The molecule has 0 aliphatic carbocycles. The summed E-state index contributed by atoms with van der Waals surface area (Å²) in [6.45, 7) is 2.88. The summed E-state index contributed by atoms with van der Waals surface area (Å²) in [6.07, 6.45) is 14.2. The minimum Gasteiger partial charge on any atom is -0.545 e. The Hall–Kier alpha value is -7.50. The maximum absolute atomic E-state index is 13.3. The molecule has 0 bridgehead atoms. The second-order valence-corrected chi connectivity index (χ2v) is 15.4. The van der Waals surface area contributed by atoms with Crippen LogP contribution in [0.1, 0.15) is 90.9 Å². The van der Waals surface area contributed by atoms with Crippen molar-refractivity contribution in [3.8, 4) is 46.8 Å². The molecule has 8 rings (SSSR count). The van der Waals surface area contributed by atoms with E-state index < -0.39 is 11.4 Å². The van der Waals surface area contributed by atoms with Gasteiger partial charge in [0, 0.05) is 67.0 Å². The number of aromatic carboxylic acids is 1. The molecular weight excluding hydrogens is 832 g/mol. The molecule has 0 unspecified atom stereocenters. The molecule has 2 aliphatic heterocycles. The van der Waals surface area contributed by atoms with E-state index in [0.29, 0.717) is 66.0 Å². The minimum absolute atomic E-state index is 0. The van der Waals surface area contributed by atoms with Crippen LogP contribution in [0, 0.1) is 56.2 Å². The number of amides is 1. The Labute approximate surface area is 407 Å². The molecule has 2 aromatic carbocycles. The molecule has 0 saturated carbocycles. The van der Waals surface area contributed by atoms with E-state index in [9.17, 15) is 25.2 Å². The van der Waals surface area contributed by atoms with E-state index in [1.165, 1.54) is 6.07 Å². The molecule has 0 spiro atoms. The molecule has 1 amide bonds. The largest absolute Gasteiger partial charge is 1.00 e. The maximum Gasteiger partial charge on any atom is 1.00 e. The van der Waals surface area contributed by atoms with E-state index in [-0.39, 0.29) is 58.0 Å². The van der Waals surface area contributed by atoms with Crippen molar-refractivity contribution in [3.63, 3.8) is 0 Å². The third kappa shape index (κ3) is 14.8. The summed E-state index contributed by atoms with van der Waals surface area (Å²) in [5.74, 6) is -1.29. The number of nitrogens with zero attached hydrogens (tertiary/aromatic N) is 9. The van der Waals surface area contributed by atoms with Crippen molar-refractivity contribution in [2.75, 3.05) is 26.2 Å². The predicted molar refractivity (Wildman–Crippen MR) is 253 cm³/mol. The van der Waals surface area contributed by atoms with Crippen molar-refractivity contribution in [3.05, 3.63) is 168 Å². The number of nitrogens with one attached hydrogen (secondary N) is 1. The third-order valence-electron chi connectivity index (χ3n) is 11.3. The van der Waals surface area contributed by atoms with Gasteiger partial charge >= 0.3 is 18.9 Å². The van der Waals surface area contributed by atoms with E-state index in [0.717, 1.165) is 49.0 Å². The van der Waals surface area contributed by atoms with Gasteiger partial charge in [0.05, 0.1) is 69.2 Å². The normalized spacial score (nSPS) is 13.7. The first-order valence-electron chi connectivity index (χ1n) is 20.4. The van der Waals surface area contributed by atoms with Gasteiger partial charge in [-0.25, -0.2) is 0 Å². The van der Waals surface area contributed by atoms with Crippen molar-refractivity contribution in [2.45, 2.75) is 60.8 Å². The zero-order chi connectivity index (χ0) is 44.5. The van der Waals surface area contributed by atoms with Gasteiger partial charge in [-0.1, -0.05) is 46.5 Å². The number of nitriles is 4. The van der Waals surface area contributed by atoms with Crippen LogP contribution in [0.25, 0.3) is 22.5 Å². The number of pyridine rings is 4. The molecular formula is C53H55LiN10O3. The van der Waals surface area contributed by atoms with E-state index in [4.69, 9.17) is 10.5 Å². The number of carbonyl (C=O) groups excluding carboxylic acids is 2. The Morgan fingerprint density at radius 1 is 0.582 bits per heavy atom. The van der Waals surface area contributed by atoms with Crippen LogP contribution in [-0.4, -0.2) is 62.9 Å². The number of rotatable bonds is 8. The van der Waals surface area contributed by atoms with Crippen molar-refractivity contribution in [2.24, 2.45) is 10.8 Å². The van der Waals surface area contributed by atoms with Gasteiger partial charge < -0.3 is 20.1 Å². The van der Waals surface area contributed by atoms with Crippen LogP contribution in [-0.2, 0) is 12.8 Å². The van der Waals surface area contributed by atoms with E-state index in [2.05, 4.69) is 49.5 Å². The van der Waals surface area contributed by atoms with E-state index in [1.807, 2.05) is 53.4 Å². The Morgan fingerprint density at radius 2 is 0.985 bits per heavy atom. The minimum atomic E-state index is -1.23. The summed E-state index contributed by atoms with van der Waals surface area (Å²) in [5, 5.41) is 51.1. The smallest absolute Gasteiger partial charge is 0.545 e. The standard InChI is InChI=1S/C25H21N5O.C14H15N3.C11H8N2O2.3CH4.Li/c26-17-20-5-3-19(4-6-20)16-25(18-27)9-14-30(15-10-25)24(31)22-2-1-11-29-23(22)21-7-12-28-13-8-21;15-10-13-3-1-12(2-4-13)9-14(11-16)5-7-17-8-6-14;14-11(15)9-2-1-5-13-10(9)8-3-6-12-7-4-8;;;;/h1-8,11-13H,9-10,14-16H2;1-4,17H,5-9H2;1-7H,(H,14,15);3*1H4;/q;;;;;;+1/p-1. The summed E-state index contributed by atoms with van der Waals surface area (Å²) in [7, 11) is 0. The van der Waals surface area contributed by atoms with Crippen molar-refractivity contribution < 1.29 is 33.6 Å². The molecule has 2 aliphatic rings. The fraction of sp³-hybridized carbons (Fsp3) is 0.283. The second-order valence-electron chi connectivity index (χ2n) is 15.4. The van der Waals surface area contributed by atoms with Gasteiger partial charge in [0.25, 0.3) is 5.91 Å². The van der Waals surface area contributed by atoms with Crippen LogP contribution < -0.4 is 29.3 Å². The summed E-state index contributed by atoms with van der Waals surface area (Å²) in [5.41, 5.74) is 5.99. The molecule has 67 heavy (non-hydrogen) atoms. The number of carboxylic acid groups (broad SMARTS) is 1. The van der Waals surface area contributed by atoms with Gasteiger partial charge in [-0.2, -0.15) is 21.0 Å². The molecule has 14 heteroatoms. The van der Waals surface area contributed by atoms with Crippen LogP contribution in [0.2, 0.25) is 0 Å². The molecule has 0 atom stereocenters.